The van der Waals surface area contributed by atoms with Crippen molar-refractivity contribution in [1.82, 2.24) is 9.55 Å². The molecule has 13 atom stereocenters. The minimum Gasteiger partial charge on any atom is -0.462 e. The van der Waals surface area contributed by atoms with Gasteiger partial charge in [-0.05, 0) is 44.1 Å². The molecule has 0 aliphatic carbocycles. The van der Waals surface area contributed by atoms with E-state index in [1.54, 1.807) is 12.2 Å². The fraction of sp³-hybridized carbons (Fsp3) is 0.787. The lowest BCUT2D eigenvalue weighted by molar-refractivity contribution is -0.192. The first-order valence-electron chi connectivity index (χ1n) is 25.1. The van der Waals surface area contributed by atoms with Crippen LogP contribution in [0.2, 0.25) is 0 Å². The Hall–Kier alpha value is -2.92. The van der Waals surface area contributed by atoms with Gasteiger partial charge in [0.1, 0.15) is 43.1 Å². The van der Waals surface area contributed by atoms with E-state index in [4.69, 9.17) is 33.7 Å². The van der Waals surface area contributed by atoms with E-state index in [1.165, 1.54) is 50.3 Å². The number of allylic oxidation sites excluding steroid dienone is 2. The van der Waals surface area contributed by atoms with E-state index < -0.39 is 121 Å². The summed E-state index contributed by atoms with van der Waals surface area (Å²) in [6.07, 6.45) is 4.27. The Balaban J connectivity index is 1.86. The second kappa shape index (κ2) is 33.1. The fourth-order valence-corrected chi connectivity index (χ4v) is 10.1. The van der Waals surface area contributed by atoms with Crippen molar-refractivity contribution < 1.29 is 86.3 Å². The molecule has 0 aromatic carbocycles. The number of cyclic esters (lactones) is 1. The Morgan fingerprint density at radius 2 is 1.58 bits per heavy atom. The Labute approximate surface area is 417 Å². The Morgan fingerprint density at radius 3 is 2.25 bits per heavy atom. The van der Waals surface area contributed by atoms with Crippen LogP contribution in [0.1, 0.15) is 155 Å². The van der Waals surface area contributed by atoms with Gasteiger partial charge in [-0.2, -0.15) is 9.29 Å². The maximum atomic E-state index is 13.4. The molecule has 3 heterocycles. The molecule has 2 aliphatic rings. The number of rotatable bonds is 21. The molecule has 9 N–H and O–H groups in total. The first kappa shape index (κ1) is 62.4. The summed E-state index contributed by atoms with van der Waals surface area (Å²) in [6.45, 7) is 3.70. The molecule has 0 radical (unpaired) electrons. The predicted octanol–water partition coefficient (Wildman–Crippen LogP) is 5.80. The molecule has 4 unspecified atom stereocenters. The van der Waals surface area contributed by atoms with E-state index in [0.29, 0.717) is 19.3 Å². The number of unbranched alkanes of at least 4 members (excludes halogenated alkanes) is 9. The number of esters is 2. The number of hydrogen-bond acceptors (Lipinski definition) is 19. The second-order valence-corrected chi connectivity index (χ2v) is 21.5. The average molecular weight is 1050 g/mol. The number of hydrogen-bond donors (Lipinski definition) is 8. The van der Waals surface area contributed by atoms with Crippen LogP contribution in [0.5, 0.6) is 0 Å². The molecule has 71 heavy (non-hydrogen) atoms. The molecule has 1 aromatic rings. The van der Waals surface area contributed by atoms with Gasteiger partial charge in [-0.25, -0.2) is 13.9 Å². The number of nitrogens with two attached hydrogens (primary N) is 1. The average Bonchev–Trinajstić information content (AvgIpc) is 3.31. The third-order valence-corrected chi connectivity index (χ3v) is 15.0. The fourth-order valence-electron chi connectivity index (χ4n) is 7.97. The second-order valence-electron chi connectivity index (χ2n) is 18.4. The summed E-state index contributed by atoms with van der Waals surface area (Å²) in [6, 6.07) is 1.23. The van der Waals surface area contributed by atoms with Crippen molar-refractivity contribution in [3.63, 3.8) is 0 Å². The SMILES string of the molecule is CCCCC[C@H](O)/C=C/[C@H]1OC(O)C[C@H](O)[C@@H]2CC=CCCCC(=O)O[C@H](COC(=O)CCCCCCCCCCC(C)CC)COP(=O)(O)OP(=O)(O)OC[C@@H](O[C@H]2n2ccc(N)nc2=O)[C@@H](O)[C@H]1O. The van der Waals surface area contributed by atoms with E-state index in [2.05, 4.69) is 23.1 Å². The summed E-state index contributed by atoms with van der Waals surface area (Å²) in [5.74, 6) is -2.09. The molecule has 3 rings (SSSR count). The van der Waals surface area contributed by atoms with Crippen LogP contribution in [0.4, 0.5) is 5.82 Å². The zero-order valence-corrected chi connectivity index (χ0v) is 43.3. The summed E-state index contributed by atoms with van der Waals surface area (Å²) >= 11 is 0. The highest BCUT2D eigenvalue weighted by Gasteiger charge is 2.44. The Morgan fingerprint density at radius 1 is 0.915 bits per heavy atom. The predicted molar refractivity (Wildman–Crippen MR) is 260 cm³/mol. The van der Waals surface area contributed by atoms with Crippen molar-refractivity contribution in [3.8, 4) is 0 Å². The number of aliphatic hydroxyl groups is 5. The summed E-state index contributed by atoms with van der Waals surface area (Å²) in [4.78, 5) is 64.1. The highest BCUT2D eigenvalue weighted by atomic mass is 31.3. The lowest BCUT2D eigenvalue weighted by atomic mass is 9.92. The zero-order chi connectivity index (χ0) is 52.4. The lowest BCUT2D eigenvalue weighted by Gasteiger charge is -2.36. The third kappa shape index (κ3) is 24.8. The normalized spacial score (nSPS) is 31.1. The number of carbonyl (C=O) groups excluding carboxylic acids is 2. The molecule has 22 nitrogen and oxygen atoms in total. The Kier molecular flexibility index (Phi) is 29.1. The number of fused-ring (bicyclic) bond motifs is 3. The van der Waals surface area contributed by atoms with Crippen molar-refractivity contribution in [2.75, 3.05) is 25.6 Å². The molecule has 1 saturated heterocycles. The van der Waals surface area contributed by atoms with Crippen LogP contribution in [0.15, 0.2) is 41.4 Å². The van der Waals surface area contributed by atoms with Crippen LogP contribution in [-0.2, 0) is 51.0 Å². The van der Waals surface area contributed by atoms with Crippen molar-refractivity contribution in [2.45, 2.75) is 204 Å². The molecule has 1 aromatic heterocycles. The smallest absolute Gasteiger partial charge is 0.462 e. The van der Waals surface area contributed by atoms with Crippen LogP contribution in [0.25, 0.3) is 0 Å². The molecule has 24 heteroatoms. The number of aromatic nitrogens is 2. The number of anilines is 1. The van der Waals surface area contributed by atoms with Crippen LogP contribution < -0.4 is 11.4 Å². The minimum atomic E-state index is -5.73. The van der Waals surface area contributed by atoms with Gasteiger partial charge in [0.05, 0.1) is 25.4 Å². The minimum absolute atomic E-state index is 0.0747. The van der Waals surface area contributed by atoms with Gasteiger partial charge < -0.3 is 60.0 Å². The third-order valence-electron chi connectivity index (χ3n) is 12.4. The summed E-state index contributed by atoms with van der Waals surface area (Å²) < 4.78 is 64.6. The highest BCUT2D eigenvalue weighted by Crippen LogP contribution is 2.60. The molecule has 408 valence electrons. The van der Waals surface area contributed by atoms with Crippen molar-refractivity contribution in [1.29, 1.82) is 0 Å². The molecule has 0 saturated carbocycles. The Bertz CT molecular complexity index is 1920. The van der Waals surface area contributed by atoms with Crippen molar-refractivity contribution in [3.05, 3.63) is 47.1 Å². The molecule has 0 amide bonds. The molecular weight excluding hydrogens is 972 g/mol. The van der Waals surface area contributed by atoms with E-state index in [-0.39, 0.29) is 37.9 Å². The van der Waals surface area contributed by atoms with Gasteiger partial charge in [0.15, 0.2) is 12.4 Å². The van der Waals surface area contributed by atoms with E-state index in [1.807, 2.05) is 6.92 Å². The highest BCUT2D eigenvalue weighted by molar-refractivity contribution is 7.61. The van der Waals surface area contributed by atoms with Gasteiger partial charge in [0.25, 0.3) is 0 Å². The maximum Gasteiger partial charge on any atom is 0.481 e. The van der Waals surface area contributed by atoms with Gasteiger partial charge in [-0.15, -0.1) is 0 Å². The van der Waals surface area contributed by atoms with Gasteiger partial charge >= 0.3 is 33.3 Å². The number of nitrogen functional groups attached to an aromatic ring is 1. The number of phosphoric ester groups is 2. The van der Waals surface area contributed by atoms with E-state index >= 15 is 0 Å². The quantitative estimate of drug-likeness (QED) is 0.0312. The van der Waals surface area contributed by atoms with Gasteiger partial charge in [-0.3, -0.25) is 23.2 Å². The molecule has 2 aliphatic heterocycles. The van der Waals surface area contributed by atoms with Crippen molar-refractivity contribution in [2.24, 2.45) is 11.8 Å². The summed E-state index contributed by atoms with van der Waals surface area (Å²) in [5, 5.41) is 56.8. The van der Waals surface area contributed by atoms with Gasteiger partial charge in [0.2, 0.25) is 0 Å². The topological polar surface area (TPSA) is 335 Å². The monoisotopic (exact) mass is 1050 g/mol. The molecule has 0 spiro atoms. The number of aliphatic hydroxyl groups excluding tert-OH is 5. The number of ether oxygens (including phenoxy) is 4. The number of carbonyl (C=O) groups is 2. The van der Waals surface area contributed by atoms with E-state index in [0.717, 1.165) is 55.2 Å². The lowest BCUT2D eigenvalue weighted by Crippen LogP contribution is -2.49. The largest absolute Gasteiger partial charge is 0.481 e. The molecular formula is C47H81N3O19P2. The maximum absolute atomic E-state index is 13.4. The van der Waals surface area contributed by atoms with Crippen LogP contribution in [0.3, 0.4) is 0 Å². The number of phosphoric acid groups is 2. The van der Waals surface area contributed by atoms with E-state index in [9.17, 15) is 58.8 Å². The standard InChI is InChI=1S/C47H81N3O19P2/c1-4-6-15-21-34(51)25-26-38-44(56)45(57)39-32-65-71(61,62)69-70(59,60)64-31-35(30-63-41(53)23-18-12-10-8-7-9-11-16-20-33(3)5-2)66-42(54)24-19-14-13-17-22-36(37(52)29-43(55)67-38)46(68-39)50-28-27-40(48)49-47(50)58/h13,17,25-28,33-39,43-46,51-52,55-57H,4-12,14-16,18-24,29-32H2,1-3H3,(H,59,60)(H,61,62)(H2,48,49,58)/b17-13?,26-25+/t33?,34-,35+,36-,37-,38+,39+,43?,44-,45+,46+/m0/s1. The molecule has 1 fully saturated rings. The van der Waals surface area contributed by atoms with Crippen LogP contribution in [0, 0.1) is 11.8 Å². The summed E-state index contributed by atoms with van der Waals surface area (Å²) in [7, 11) is -11.3. The van der Waals surface area contributed by atoms with Gasteiger partial charge in [-0.1, -0.05) is 122 Å². The first-order chi connectivity index (χ1) is 33.7. The first-order valence-corrected chi connectivity index (χ1v) is 28.1. The number of nitrogens with zero attached hydrogens (tertiary/aromatic N) is 2. The van der Waals surface area contributed by atoms with Crippen molar-refractivity contribution >= 4 is 33.4 Å². The van der Waals surface area contributed by atoms with Gasteiger partial charge in [0, 0.05) is 31.4 Å². The molecule has 2 bridgehead atoms. The zero-order valence-electron chi connectivity index (χ0n) is 41.5. The van der Waals surface area contributed by atoms with Crippen LogP contribution >= 0.6 is 15.6 Å². The summed E-state index contributed by atoms with van der Waals surface area (Å²) in [5.41, 5.74) is 4.75. The van der Waals surface area contributed by atoms with Crippen LogP contribution in [-0.4, -0.2) is 126 Å².